The van der Waals surface area contributed by atoms with E-state index in [2.05, 4.69) is 48.0 Å². The molecule has 0 amide bonds. The summed E-state index contributed by atoms with van der Waals surface area (Å²) in [5, 5.41) is 24.7. The number of aromatic hydroxyl groups is 1. The molecule has 0 aromatic heterocycles. The summed E-state index contributed by atoms with van der Waals surface area (Å²) in [5.74, 6) is 0.160. The number of nitriles is 1. The summed E-state index contributed by atoms with van der Waals surface area (Å²) in [6.45, 7) is 3.66. The van der Waals surface area contributed by atoms with Crippen LogP contribution in [0, 0.1) is 11.3 Å². The maximum absolute atomic E-state index is 11.1. The van der Waals surface area contributed by atoms with Crippen LogP contribution in [0.2, 0.25) is 0 Å². The van der Waals surface area contributed by atoms with Gasteiger partial charge in [-0.15, -0.1) is 6.58 Å². The highest BCUT2D eigenvalue weighted by Crippen LogP contribution is 2.41. The van der Waals surface area contributed by atoms with E-state index >= 15 is 0 Å². The Labute approximate surface area is 169 Å². The van der Waals surface area contributed by atoms with E-state index in [-0.39, 0.29) is 5.75 Å². The van der Waals surface area contributed by atoms with Gasteiger partial charge in [0, 0.05) is 29.3 Å². The first-order valence-corrected chi connectivity index (χ1v) is 9.49. The number of hydrogen-bond acceptors (Lipinski definition) is 3. The molecule has 4 aromatic carbocycles. The normalized spacial score (nSPS) is 12.2. The second-order valence-corrected chi connectivity index (χ2v) is 6.88. The van der Waals surface area contributed by atoms with Crippen LogP contribution in [0.5, 0.6) is 5.75 Å². The van der Waals surface area contributed by atoms with E-state index in [9.17, 15) is 10.4 Å². The van der Waals surface area contributed by atoms with Gasteiger partial charge in [-0.3, -0.25) is 4.99 Å². The molecule has 0 saturated heterocycles. The topological polar surface area (TPSA) is 56.4 Å². The van der Waals surface area contributed by atoms with Crippen LogP contribution >= 0.6 is 0 Å². The Morgan fingerprint density at radius 3 is 2.24 bits per heavy atom. The van der Waals surface area contributed by atoms with Crippen LogP contribution in [0.15, 0.2) is 90.4 Å². The molecular formula is C26H20N2O. The first-order valence-electron chi connectivity index (χ1n) is 9.49. The lowest BCUT2D eigenvalue weighted by molar-refractivity contribution is 0.476. The zero-order valence-electron chi connectivity index (χ0n) is 15.9. The number of aliphatic imine (C=N–C) groups is 1. The zero-order chi connectivity index (χ0) is 20.2. The van der Waals surface area contributed by atoms with E-state index < -0.39 is 6.04 Å². The van der Waals surface area contributed by atoms with Crippen LogP contribution in [0.3, 0.4) is 0 Å². The van der Waals surface area contributed by atoms with Crippen LogP contribution in [-0.2, 0) is 0 Å². The molecule has 0 radical (unpaired) electrons. The third kappa shape index (κ3) is 3.49. The number of hydrogen-bond donors (Lipinski definition) is 1. The van der Waals surface area contributed by atoms with Crippen molar-refractivity contribution < 1.29 is 5.11 Å². The van der Waals surface area contributed by atoms with Gasteiger partial charge in [-0.05, 0) is 33.7 Å². The van der Waals surface area contributed by atoms with Gasteiger partial charge in [0.1, 0.15) is 11.8 Å². The third-order valence-corrected chi connectivity index (χ3v) is 5.04. The van der Waals surface area contributed by atoms with Crippen LogP contribution in [-0.4, -0.2) is 17.4 Å². The van der Waals surface area contributed by atoms with Crippen molar-refractivity contribution >= 4 is 27.8 Å². The molecule has 4 rings (SSSR count). The number of fused-ring (bicyclic) bond motifs is 2. The zero-order valence-corrected chi connectivity index (χ0v) is 15.9. The first kappa shape index (κ1) is 18.5. The molecule has 0 aliphatic heterocycles. The Bertz CT molecular complexity index is 1230. The van der Waals surface area contributed by atoms with Crippen LogP contribution in [0.25, 0.3) is 32.7 Å². The van der Waals surface area contributed by atoms with Gasteiger partial charge in [0.05, 0.1) is 6.07 Å². The van der Waals surface area contributed by atoms with Crippen molar-refractivity contribution in [2.24, 2.45) is 4.99 Å². The SMILES string of the molecule is C=CCC(C#N)N=Cc1cccc(-c2c3ccccc3cc3ccccc23)c1O. The molecule has 0 aliphatic carbocycles. The van der Waals surface area contributed by atoms with Crippen molar-refractivity contribution in [3.05, 3.63) is 91.0 Å². The van der Waals surface area contributed by atoms with Gasteiger partial charge in [-0.2, -0.15) is 5.26 Å². The fourth-order valence-electron chi connectivity index (χ4n) is 3.65. The summed E-state index contributed by atoms with van der Waals surface area (Å²) in [6, 6.07) is 25.8. The van der Waals surface area contributed by atoms with Crippen molar-refractivity contribution in [1.29, 1.82) is 5.26 Å². The fourth-order valence-corrected chi connectivity index (χ4v) is 3.65. The van der Waals surface area contributed by atoms with Gasteiger partial charge in [-0.1, -0.05) is 66.7 Å². The summed E-state index contributed by atoms with van der Waals surface area (Å²) in [5.41, 5.74) is 2.33. The molecule has 140 valence electrons. The molecule has 0 bridgehead atoms. The molecule has 4 aromatic rings. The summed E-state index contributed by atoms with van der Waals surface area (Å²) < 4.78 is 0. The van der Waals surface area contributed by atoms with Crippen molar-refractivity contribution in [1.82, 2.24) is 0 Å². The first-order chi connectivity index (χ1) is 14.2. The molecular weight excluding hydrogens is 356 g/mol. The highest BCUT2D eigenvalue weighted by atomic mass is 16.3. The Morgan fingerprint density at radius 1 is 0.966 bits per heavy atom. The summed E-state index contributed by atoms with van der Waals surface area (Å²) in [4.78, 5) is 4.31. The molecule has 1 atom stereocenters. The number of rotatable bonds is 5. The van der Waals surface area contributed by atoms with Gasteiger partial charge < -0.3 is 5.11 Å². The van der Waals surface area contributed by atoms with Crippen LogP contribution < -0.4 is 0 Å². The Kier molecular flexibility index (Phi) is 5.09. The number of phenols is 1. The molecule has 29 heavy (non-hydrogen) atoms. The molecule has 1 unspecified atom stereocenters. The number of nitrogens with zero attached hydrogens (tertiary/aromatic N) is 2. The highest BCUT2D eigenvalue weighted by Gasteiger charge is 2.15. The Hall–Kier alpha value is -3.90. The second-order valence-electron chi connectivity index (χ2n) is 6.88. The number of benzene rings is 4. The van der Waals surface area contributed by atoms with E-state index in [1.165, 1.54) is 0 Å². The second kappa shape index (κ2) is 8.00. The monoisotopic (exact) mass is 376 g/mol. The molecule has 0 aliphatic rings. The molecule has 1 N–H and O–H groups in total. The van der Waals surface area contributed by atoms with Gasteiger partial charge >= 0.3 is 0 Å². The minimum Gasteiger partial charge on any atom is -0.507 e. The summed E-state index contributed by atoms with van der Waals surface area (Å²) >= 11 is 0. The summed E-state index contributed by atoms with van der Waals surface area (Å²) in [6.07, 6.45) is 3.72. The van der Waals surface area contributed by atoms with Gasteiger partial charge in [-0.25, -0.2) is 0 Å². The lowest BCUT2D eigenvalue weighted by atomic mass is 9.91. The summed E-state index contributed by atoms with van der Waals surface area (Å²) in [7, 11) is 0. The largest absolute Gasteiger partial charge is 0.507 e. The lowest BCUT2D eigenvalue weighted by Crippen LogP contribution is -1.99. The predicted octanol–water partition coefficient (Wildman–Crippen LogP) is 6.25. The molecule has 3 heteroatoms. The quantitative estimate of drug-likeness (QED) is 0.254. The maximum Gasteiger partial charge on any atom is 0.140 e. The molecule has 0 heterocycles. The van der Waals surface area contributed by atoms with E-state index in [4.69, 9.17) is 0 Å². The molecule has 3 nitrogen and oxygen atoms in total. The molecule has 0 spiro atoms. The minimum atomic E-state index is -0.506. The van der Waals surface area contributed by atoms with E-state index in [1.54, 1.807) is 18.4 Å². The van der Waals surface area contributed by atoms with Crippen molar-refractivity contribution in [3.8, 4) is 22.9 Å². The highest BCUT2D eigenvalue weighted by molar-refractivity contribution is 6.14. The number of para-hydroxylation sites is 1. The Morgan fingerprint density at radius 2 is 1.62 bits per heavy atom. The fraction of sp³-hybridized carbons (Fsp3) is 0.0769. The third-order valence-electron chi connectivity index (χ3n) is 5.04. The minimum absolute atomic E-state index is 0.160. The maximum atomic E-state index is 11.1. The van der Waals surface area contributed by atoms with Crippen molar-refractivity contribution in [3.63, 3.8) is 0 Å². The van der Waals surface area contributed by atoms with Crippen molar-refractivity contribution in [2.45, 2.75) is 12.5 Å². The van der Waals surface area contributed by atoms with Gasteiger partial charge in [0.2, 0.25) is 0 Å². The van der Waals surface area contributed by atoms with Crippen molar-refractivity contribution in [2.75, 3.05) is 0 Å². The average molecular weight is 376 g/mol. The number of phenolic OH excluding ortho intramolecular Hbond substituents is 1. The molecule has 0 fully saturated rings. The van der Waals surface area contributed by atoms with Gasteiger partial charge in [0.15, 0.2) is 0 Å². The Balaban J connectivity index is 1.94. The van der Waals surface area contributed by atoms with E-state index in [0.717, 1.165) is 32.7 Å². The average Bonchev–Trinajstić information content (AvgIpc) is 2.76. The van der Waals surface area contributed by atoms with Crippen LogP contribution in [0.4, 0.5) is 0 Å². The van der Waals surface area contributed by atoms with Gasteiger partial charge in [0.25, 0.3) is 0 Å². The molecule has 0 saturated carbocycles. The van der Waals surface area contributed by atoms with E-state index in [0.29, 0.717) is 12.0 Å². The van der Waals surface area contributed by atoms with E-state index in [1.807, 2.05) is 36.4 Å². The lowest BCUT2D eigenvalue weighted by Gasteiger charge is -2.14. The smallest absolute Gasteiger partial charge is 0.140 e. The standard InChI is InChI=1S/C26H20N2O/c1-2-8-21(16-27)28-17-20-11-7-14-24(26(20)29)25-22-12-5-3-9-18(22)15-19-10-4-6-13-23(19)25/h2-7,9-15,17,21,29H,1,8H2. The van der Waals surface area contributed by atoms with Crippen LogP contribution in [0.1, 0.15) is 12.0 Å². The predicted molar refractivity (Wildman–Crippen MR) is 120 cm³/mol.